The first kappa shape index (κ1) is 16.0. The van der Waals surface area contributed by atoms with Crippen LogP contribution in [0, 0.1) is 0 Å². The van der Waals surface area contributed by atoms with Gasteiger partial charge in [-0.25, -0.2) is 4.79 Å². The first-order valence-corrected chi connectivity index (χ1v) is 6.08. The van der Waals surface area contributed by atoms with Crippen LogP contribution in [-0.4, -0.2) is 12.6 Å². The highest BCUT2D eigenvalue weighted by atomic mass is 19.4. The Hall–Kier alpha value is -2.04. The molecule has 0 aromatic heterocycles. The third-order valence-corrected chi connectivity index (χ3v) is 2.53. The van der Waals surface area contributed by atoms with Crippen molar-refractivity contribution in [2.75, 3.05) is 6.61 Å². The Bertz CT molecular complexity index is 528. The number of halogens is 3. The fourth-order valence-corrected chi connectivity index (χ4v) is 1.58. The summed E-state index contributed by atoms with van der Waals surface area (Å²) in [5, 5.41) is 0. The Morgan fingerprint density at radius 3 is 2.50 bits per heavy atom. The normalized spacial score (nSPS) is 12.8. The lowest BCUT2D eigenvalue weighted by Gasteiger charge is -2.09. The number of hydrogen-bond acceptors (Lipinski definition) is 2. The van der Waals surface area contributed by atoms with Crippen LogP contribution in [0.2, 0.25) is 0 Å². The Kier molecular flexibility index (Phi) is 5.55. The zero-order valence-corrected chi connectivity index (χ0v) is 11.2. The van der Waals surface area contributed by atoms with Crippen molar-refractivity contribution in [1.29, 1.82) is 0 Å². The molecule has 0 N–H and O–H groups in total. The number of esters is 1. The second-order valence-electron chi connectivity index (χ2n) is 3.88. The Morgan fingerprint density at radius 2 is 1.95 bits per heavy atom. The molecule has 0 bridgehead atoms. The summed E-state index contributed by atoms with van der Waals surface area (Å²) in [7, 11) is 0. The van der Waals surface area contributed by atoms with Crippen molar-refractivity contribution in [3.05, 3.63) is 53.1 Å². The van der Waals surface area contributed by atoms with Gasteiger partial charge in [0.2, 0.25) is 0 Å². The molecular formula is C15H15F3O2. The third-order valence-electron chi connectivity index (χ3n) is 2.53. The van der Waals surface area contributed by atoms with Crippen LogP contribution in [0.15, 0.2) is 42.0 Å². The number of carbonyl (C=O) groups excluding carboxylic acids is 1. The van der Waals surface area contributed by atoms with Gasteiger partial charge in [-0.15, -0.1) is 0 Å². The van der Waals surface area contributed by atoms with Crippen LogP contribution in [0.1, 0.15) is 25.0 Å². The number of ether oxygens (including phenoxy) is 1. The summed E-state index contributed by atoms with van der Waals surface area (Å²) in [6.07, 6.45) is -0.358. The Balaban J connectivity index is 3.04. The molecule has 0 atom stereocenters. The maximum Gasteiger partial charge on any atom is 0.416 e. The molecule has 0 unspecified atom stereocenters. The molecule has 0 saturated heterocycles. The summed E-state index contributed by atoms with van der Waals surface area (Å²) in [5.74, 6) is -0.560. The van der Waals surface area contributed by atoms with Gasteiger partial charge < -0.3 is 4.74 Å². The van der Waals surface area contributed by atoms with E-state index >= 15 is 0 Å². The fraction of sp³-hybridized carbons (Fsp3) is 0.267. The van der Waals surface area contributed by atoms with Gasteiger partial charge in [0.1, 0.15) is 0 Å². The minimum atomic E-state index is -4.43. The van der Waals surface area contributed by atoms with Crippen molar-refractivity contribution >= 4 is 12.0 Å². The molecular weight excluding hydrogens is 269 g/mol. The van der Waals surface area contributed by atoms with E-state index in [0.717, 1.165) is 6.07 Å². The van der Waals surface area contributed by atoms with Crippen LogP contribution in [0.25, 0.3) is 6.08 Å². The van der Waals surface area contributed by atoms with E-state index in [0.29, 0.717) is 0 Å². The van der Waals surface area contributed by atoms with Gasteiger partial charge >= 0.3 is 12.1 Å². The highest BCUT2D eigenvalue weighted by Crippen LogP contribution is 2.32. The summed E-state index contributed by atoms with van der Waals surface area (Å²) in [4.78, 5) is 11.5. The lowest BCUT2D eigenvalue weighted by atomic mass is 10.1. The predicted molar refractivity (Wildman–Crippen MR) is 70.9 cm³/mol. The lowest BCUT2D eigenvalue weighted by Crippen LogP contribution is -2.07. The van der Waals surface area contributed by atoms with E-state index in [-0.39, 0.29) is 17.7 Å². The summed E-state index contributed by atoms with van der Waals surface area (Å²) < 4.78 is 43.2. The number of alkyl halides is 3. The molecule has 0 fully saturated rings. The van der Waals surface area contributed by atoms with Crippen LogP contribution >= 0.6 is 0 Å². The molecule has 5 heteroatoms. The minimum Gasteiger partial charge on any atom is -0.462 e. The van der Waals surface area contributed by atoms with E-state index in [1.54, 1.807) is 13.8 Å². The Morgan fingerprint density at radius 1 is 1.30 bits per heavy atom. The Labute approximate surface area is 115 Å². The maximum atomic E-state index is 12.8. The molecule has 108 valence electrons. The number of carbonyl (C=O) groups is 1. The van der Waals surface area contributed by atoms with Gasteiger partial charge in [-0.3, -0.25) is 0 Å². The largest absolute Gasteiger partial charge is 0.462 e. The van der Waals surface area contributed by atoms with Crippen LogP contribution in [-0.2, 0) is 15.7 Å². The molecule has 20 heavy (non-hydrogen) atoms. The van der Waals surface area contributed by atoms with Gasteiger partial charge in [-0.05, 0) is 31.6 Å². The zero-order chi connectivity index (χ0) is 15.2. The molecule has 0 spiro atoms. The summed E-state index contributed by atoms with van der Waals surface area (Å²) in [5.41, 5.74) is -0.525. The second kappa shape index (κ2) is 6.93. The fourth-order valence-electron chi connectivity index (χ4n) is 1.58. The zero-order valence-electron chi connectivity index (χ0n) is 11.2. The molecule has 0 heterocycles. The predicted octanol–water partition coefficient (Wildman–Crippen LogP) is 4.23. The molecule has 0 saturated carbocycles. The van der Waals surface area contributed by atoms with Gasteiger partial charge in [-0.2, -0.15) is 13.2 Å². The van der Waals surface area contributed by atoms with E-state index in [9.17, 15) is 18.0 Å². The summed E-state index contributed by atoms with van der Waals surface area (Å²) >= 11 is 0. The van der Waals surface area contributed by atoms with Gasteiger partial charge in [-0.1, -0.05) is 30.4 Å². The topological polar surface area (TPSA) is 26.3 Å². The number of allylic oxidation sites excluding steroid dienone is 1. The minimum absolute atomic E-state index is 0.00338. The standard InChI is InChI=1S/C15H15F3O2/c1-3-11(14(19)20-4-2)9-10-12-7-5-6-8-13(12)15(16,17)18/h3,5-10H,4H2,1-2H3/b10-9+,11-3+. The SMILES string of the molecule is C/C=C(\C=C\c1ccccc1C(F)(F)F)C(=O)OCC. The van der Waals surface area contributed by atoms with Crippen LogP contribution in [0.4, 0.5) is 13.2 Å². The van der Waals surface area contributed by atoms with Crippen molar-refractivity contribution in [2.45, 2.75) is 20.0 Å². The lowest BCUT2D eigenvalue weighted by molar-refractivity contribution is -0.138. The molecule has 0 radical (unpaired) electrons. The third kappa shape index (κ3) is 4.26. The van der Waals surface area contributed by atoms with E-state index < -0.39 is 17.7 Å². The highest BCUT2D eigenvalue weighted by molar-refractivity contribution is 5.92. The van der Waals surface area contributed by atoms with Crippen molar-refractivity contribution < 1.29 is 22.7 Å². The van der Waals surface area contributed by atoms with E-state index in [4.69, 9.17) is 4.74 Å². The number of hydrogen-bond donors (Lipinski definition) is 0. The van der Waals surface area contributed by atoms with Crippen LogP contribution in [0.3, 0.4) is 0 Å². The molecule has 1 rings (SSSR count). The maximum absolute atomic E-state index is 12.8. The molecule has 0 aliphatic rings. The van der Waals surface area contributed by atoms with Crippen LogP contribution < -0.4 is 0 Å². The smallest absolute Gasteiger partial charge is 0.416 e. The van der Waals surface area contributed by atoms with Crippen molar-refractivity contribution in [3.63, 3.8) is 0 Å². The average molecular weight is 284 g/mol. The molecule has 1 aromatic rings. The average Bonchev–Trinajstić information content (AvgIpc) is 2.39. The number of benzene rings is 1. The first-order valence-electron chi connectivity index (χ1n) is 6.08. The quantitative estimate of drug-likeness (QED) is 0.470. The molecule has 0 aliphatic heterocycles. The van der Waals surface area contributed by atoms with Crippen molar-refractivity contribution in [1.82, 2.24) is 0 Å². The summed E-state index contributed by atoms with van der Waals surface area (Å²) in [6.45, 7) is 3.49. The van der Waals surface area contributed by atoms with Crippen LogP contribution in [0.5, 0.6) is 0 Å². The van der Waals surface area contributed by atoms with Gasteiger partial charge in [0, 0.05) is 0 Å². The van der Waals surface area contributed by atoms with E-state index in [1.807, 2.05) is 0 Å². The van der Waals surface area contributed by atoms with Crippen molar-refractivity contribution in [3.8, 4) is 0 Å². The first-order chi connectivity index (χ1) is 9.40. The summed E-state index contributed by atoms with van der Waals surface area (Å²) in [6, 6.07) is 5.17. The van der Waals surface area contributed by atoms with E-state index in [2.05, 4.69) is 0 Å². The van der Waals surface area contributed by atoms with Gasteiger partial charge in [0.15, 0.2) is 0 Å². The number of rotatable bonds is 4. The van der Waals surface area contributed by atoms with Crippen molar-refractivity contribution in [2.24, 2.45) is 0 Å². The second-order valence-corrected chi connectivity index (χ2v) is 3.88. The monoisotopic (exact) mass is 284 g/mol. The molecule has 0 aliphatic carbocycles. The van der Waals surface area contributed by atoms with E-state index in [1.165, 1.54) is 36.4 Å². The van der Waals surface area contributed by atoms with Gasteiger partial charge in [0.05, 0.1) is 17.7 Å². The molecule has 0 amide bonds. The van der Waals surface area contributed by atoms with Gasteiger partial charge in [0.25, 0.3) is 0 Å². The molecule has 1 aromatic carbocycles. The highest BCUT2D eigenvalue weighted by Gasteiger charge is 2.32. The molecule has 2 nitrogen and oxygen atoms in total.